The molecule has 3 nitrogen and oxygen atoms in total. The van der Waals surface area contributed by atoms with Crippen LogP contribution in [0.25, 0.3) is 0 Å². The van der Waals surface area contributed by atoms with Gasteiger partial charge in [0.2, 0.25) is 0 Å². The van der Waals surface area contributed by atoms with Crippen molar-refractivity contribution in [2.24, 2.45) is 0 Å². The average Bonchev–Trinajstić information content (AvgIpc) is 2.49. The lowest BCUT2D eigenvalue weighted by Gasteiger charge is -2.46. The molecule has 0 aliphatic carbocycles. The largest absolute Gasteiger partial charge is 0.322 e. The third-order valence-corrected chi connectivity index (χ3v) is 4.42. The Morgan fingerprint density at radius 2 is 1.90 bits per heavy atom. The normalized spacial score (nSPS) is 20.9. The van der Waals surface area contributed by atoms with Crippen molar-refractivity contribution in [2.75, 3.05) is 11.9 Å². The molecule has 0 fully saturated rings. The molecule has 108 valence electrons. The van der Waals surface area contributed by atoms with Crippen LogP contribution in [0, 0.1) is 0 Å². The van der Waals surface area contributed by atoms with Gasteiger partial charge in [-0.05, 0) is 37.6 Å². The monoisotopic (exact) mass is 300 g/mol. The first-order chi connectivity index (χ1) is 10.1. The second-order valence-electron chi connectivity index (χ2n) is 5.30. The summed E-state index contributed by atoms with van der Waals surface area (Å²) in [5.41, 5.74) is 2.38. The van der Waals surface area contributed by atoms with Gasteiger partial charge in [-0.2, -0.15) is 0 Å². The number of halogens is 1. The standard InChI is InChI=1S/C17H17ClN2O/c1-3-20-16(21)19-15-10-9-13(18)11-14(15)17(20,2)12-7-5-4-6-8-12/h4-11H,3H2,1-2H3,(H,19,21). The Morgan fingerprint density at radius 1 is 1.19 bits per heavy atom. The van der Waals surface area contributed by atoms with Crippen LogP contribution in [0.3, 0.4) is 0 Å². The van der Waals surface area contributed by atoms with E-state index in [1.807, 2.05) is 54.3 Å². The number of carbonyl (C=O) groups excluding carboxylic acids is 1. The van der Waals surface area contributed by atoms with Crippen LogP contribution in [-0.4, -0.2) is 17.5 Å². The van der Waals surface area contributed by atoms with Gasteiger partial charge >= 0.3 is 6.03 Å². The number of nitrogens with zero attached hydrogens (tertiary/aromatic N) is 1. The molecule has 1 N–H and O–H groups in total. The minimum absolute atomic E-state index is 0.0846. The predicted octanol–water partition coefficient (Wildman–Crippen LogP) is 4.47. The van der Waals surface area contributed by atoms with E-state index < -0.39 is 5.54 Å². The van der Waals surface area contributed by atoms with E-state index in [1.54, 1.807) is 6.07 Å². The zero-order valence-electron chi connectivity index (χ0n) is 12.1. The summed E-state index contributed by atoms with van der Waals surface area (Å²) in [7, 11) is 0. The maximum Gasteiger partial charge on any atom is 0.322 e. The Bertz CT molecular complexity index is 686. The number of carbonyl (C=O) groups is 1. The number of urea groups is 1. The van der Waals surface area contributed by atoms with Crippen LogP contribution in [0.15, 0.2) is 48.5 Å². The third-order valence-electron chi connectivity index (χ3n) is 4.18. The number of fused-ring (bicyclic) bond motifs is 1. The molecule has 0 spiro atoms. The van der Waals surface area contributed by atoms with Crippen molar-refractivity contribution >= 4 is 23.3 Å². The summed E-state index contributed by atoms with van der Waals surface area (Å²) >= 11 is 6.19. The van der Waals surface area contributed by atoms with Gasteiger partial charge in [-0.1, -0.05) is 41.9 Å². The summed E-state index contributed by atoms with van der Waals surface area (Å²) in [6.07, 6.45) is 0. The highest BCUT2D eigenvalue weighted by Crippen LogP contribution is 2.43. The lowest BCUT2D eigenvalue weighted by atomic mass is 9.80. The van der Waals surface area contributed by atoms with Gasteiger partial charge in [0.05, 0.1) is 5.54 Å². The summed E-state index contributed by atoms with van der Waals surface area (Å²) in [5, 5.41) is 3.61. The molecule has 2 aromatic rings. The van der Waals surface area contributed by atoms with E-state index in [0.29, 0.717) is 11.6 Å². The summed E-state index contributed by atoms with van der Waals surface area (Å²) in [5.74, 6) is 0. The molecule has 21 heavy (non-hydrogen) atoms. The first-order valence-electron chi connectivity index (χ1n) is 7.01. The molecule has 1 aliphatic rings. The van der Waals surface area contributed by atoms with Crippen molar-refractivity contribution in [3.8, 4) is 0 Å². The average molecular weight is 301 g/mol. The van der Waals surface area contributed by atoms with Crippen molar-refractivity contribution in [3.63, 3.8) is 0 Å². The Balaban J connectivity index is 2.29. The molecule has 3 rings (SSSR count). The molecule has 1 atom stereocenters. The number of benzene rings is 2. The molecular formula is C17H17ClN2O. The van der Waals surface area contributed by atoms with Crippen molar-refractivity contribution in [1.82, 2.24) is 4.90 Å². The fraction of sp³-hybridized carbons (Fsp3) is 0.235. The fourth-order valence-electron chi connectivity index (χ4n) is 3.09. The van der Waals surface area contributed by atoms with Crippen LogP contribution >= 0.6 is 11.6 Å². The van der Waals surface area contributed by atoms with Crippen LogP contribution in [0.2, 0.25) is 5.02 Å². The van der Waals surface area contributed by atoms with E-state index >= 15 is 0 Å². The van der Waals surface area contributed by atoms with Crippen molar-refractivity contribution < 1.29 is 4.79 Å². The summed E-state index contributed by atoms with van der Waals surface area (Å²) in [4.78, 5) is 14.3. The number of amides is 2. The van der Waals surface area contributed by atoms with Crippen LogP contribution in [-0.2, 0) is 5.54 Å². The molecule has 0 radical (unpaired) electrons. The second kappa shape index (κ2) is 5.08. The van der Waals surface area contributed by atoms with Gasteiger partial charge in [0.25, 0.3) is 0 Å². The maximum absolute atomic E-state index is 12.4. The molecule has 0 saturated carbocycles. The number of hydrogen-bond donors (Lipinski definition) is 1. The van der Waals surface area contributed by atoms with E-state index in [9.17, 15) is 4.79 Å². The first-order valence-corrected chi connectivity index (χ1v) is 7.39. The Labute approximate surface area is 129 Å². The van der Waals surface area contributed by atoms with E-state index in [-0.39, 0.29) is 6.03 Å². The lowest BCUT2D eigenvalue weighted by Crippen LogP contribution is -2.53. The smallest absolute Gasteiger partial charge is 0.311 e. The van der Waals surface area contributed by atoms with Crippen LogP contribution in [0.5, 0.6) is 0 Å². The Morgan fingerprint density at radius 3 is 2.57 bits per heavy atom. The molecule has 1 unspecified atom stereocenters. The third kappa shape index (κ3) is 2.09. The van der Waals surface area contributed by atoms with Gasteiger partial charge in [0.15, 0.2) is 0 Å². The van der Waals surface area contributed by atoms with Crippen LogP contribution in [0.1, 0.15) is 25.0 Å². The molecule has 1 aliphatic heterocycles. The molecular weight excluding hydrogens is 284 g/mol. The quantitative estimate of drug-likeness (QED) is 0.872. The highest BCUT2D eigenvalue weighted by molar-refractivity contribution is 6.30. The molecule has 0 aromatic heterocycles. The highest BCUT2D eigenvalue weighted by Gasteiger charge is 2.43. The SMILES string of the molecule is CCN1C(=O)Nc2ccc(Cl)cc2C1(C)c1ccccc1. The summed E-state index contributed by atoms with van der Waals surface area (Å²) in [6.45, 7) is 4.67. The minimum atomic E-state index is -0.529. The zero-order chi connectivity index (χ0) is 15.0. The van der Waals surface area contributed by atoms with Gasteiger partial charge in [-0.3, -0.25) is 0 Å². The molecule has 2 amide bonds. The zero-order valence-corrected chi connectivity index (χ0v) is 12.8. The number of hydrogen-bond acceptors (Lipinski definition) is 1. The molecule has 2 aromatic carbocycles. The van der Waals surface area contributed by atoms with Gasteiger partial charge in [0.1, 0.15) is 0 Å². The van der Waals surface area contributed by atoms with Gasteiger partial charge in [-0.15, -0.1) is 0 Å². The fourth-order valence-corrected chi connectivity index (χ4v) is 3.27. The van der Waals surface area contributed by atoms with E-state index in [2.05, 4.69) is 12.2 Å². The lowest BCUT2D eigenvalue weighted by molar-refractivity contribution is 0.159. The van der Waals surface area contributed by atoms with Crippen molar-refractivity contribution in [1.29, 1.82) is 0 Å². The molecule has 0 saturated heterocycles. The predicted molar refractivity (Wildman–Crippen MR) is 85.7 cm³/mol. The van der Waals surface area contributed by atoms with Crippen LogP contribution < -0.4 is 5.32 Å². The van der Waals surface area contributed by atoms with E-state index in [1.165, 1.54) is 0 Å². The highest BCUT2D eigenvalue weighted by atomic mass is 35.5. The van der Waals surface area contributed by atoms with Gasteiger partial charge < -0.3 is 10.2 Å². The number of anilines is 1. The van der Waals surface area contributed by atoms with Gasteiger partial charge in [-0.25, -0.2) is 4.79 Å². The molecule has 0 bridgehead atoms. The maximum atomic E-state index is 12.4. The van der Waals surface area contributed by atoms with E-state index in [0.717, 1.165) is 16.8 Å². The Hall–Kier alpha value is -2.00. The van der Waals surface area contributed by atoms with E-state index in [4.69, 9.17) is 11.6 Å². The summed E-state index contributed by atoms with van der Waals surface area (Å²) in [6, 6.07) is 15.6. The Kier molecular flexibility index (Phi) is 3.38. The summed E-state index contributed by atoms with van der Waals surface area (Å²) < 4.78 is 0. The second-order valence-corrected chi connectivity index (χ2v) is 5.74. The van der Waals surface area contributed by atoms with Crippen molar-refractivity contribution in [3.05, 3.63) is 64.7 Å². The molecule has 4 heteroatoms. The van der Waals surface area contributed by atoms with Crippen molar-refractivity contribution in [2.45, 2.75) is 19.4 Å². The van der Waals surface area contributed by atoms with Gasteiger partial charge in [0, 0.05) is 22.8 Å². The number of nitrogens with one attached hydrogen (secondary N) is 1. The number of rotatable bonds is 2. The molecule has 1 heterocycles. The minimum Gasteiger partial charge on any atom is -0.311 e. The van der Waals surface area contributed by atoms with Crippen LogP contribution in [0.4, 0.5) is 10.5 Å². The topological polar surface area (TPSA) is 32.3 Å². The first kappa shape index (κ1) is 14.0.